The third-order valence-corrected chi connectivity index (χ3v) is 4.64. The lowest BCUT2D eigenvalue weighted by molar-refractivity contribution is -0.129. The van der Waals surface area contributed by atoms with Gasteiger partial charge in [-0.3, -0.25) is 0 Å². The van der Waals surface area contributed by atoms with Crippen molar-refractivity contribution >= 4 is 23.9 Å². The van der Waals surface area contributed by atoms with Crippen molar-refractivity contribution in [1.29, 1.82) is 0 Å². The fourth-order valence-electron chi connectivity index (χ4n) is 2.98. The molecule has 1 aliphatic heterocycles. The van der Waals surface area contributed by atoms with Gasteiger partial charge in [-0.15, -0.1) is 0 Å². The maximum Gasteiger partial charge on any atom is 0.363 e. The van der Waals surface area contributed by atoms with Crippen molar-refractivity contribution in [2.45, 2.75) is 6.92 Å². The summed E-state index contributed by atoms with van der Waals surface area (Å²) in [5.74, 6) is 0.0580. The molecule has 0 saturated carbocycles. The molecule has 0 aliphatic carbocycles. The van der Waals surface area contributed by atoms with Gasteiger partial charge in [0.25, 0.3) is 0 Å². The van der Waals surface area contributed by atoms with E-state index in [9.17, 15) is 9.59 Å². The SMILES string of the molecule is COc1cccc(C2=N/C(=C\c3ccccc3OC(=O)c3ccc(C)cc3)C(=O)O2)c1. The Labute approximate surface area is 179 Å². The van der Waals surface area contributed by atoms with E-state index in [2.05, 4.69) is 4.99 Å². The number of hydrogen-bond donors (Lipinski definition) is 0. The molecule has 1 heterocycles. The number of nitrogens with zero attached hydrogens (tertiary/aromatic N) is 1. The normalized spacial score (nSPS) is 14.2. The summed E-state index contributed by atoms with van der Waals surface area (Å²) in [6.07, 6.45) is 1.53. The number of rotatable bonds is 5. The number of methoxy groups -OCH3 is 1. The molecule has 3 aromatic carbocycles. The Kier molecular flexibility index (Phi) is 5.62. The van der Waals surface area contributed by atoms with Crippen molar-refractivity contribution in [2.24, 2.45) is 4.99 Å². The molecule has 0 spiro atoms. The molecular weight excluding hydrogens is 394 g/mol. The largest absolute Gasteiger partial charge is 0.497 e. The van der Waals surface area contributed by atoms with E-state index in [4.69, 9.17) is 14.2 Å². The first-order chi connectivity index (χ1) is 15.0. The number of para-hydroxylation sites is 1. The standard InChI is InChI=1S/C25H19NO5/c1-16-10-12-17(13-11-16)24(27)30-22-9-4-3-6-18(22)15-21-25(28)31-23(26-21)19-7-5-8-20(14-19)29-2/h3-15H,1-2H3/b21-15-. The number of carbonyl (C=O) groups excluding carboxylic acids is 2. The molecule has 1 aliphatic rings. The maximum atomic E-state index is 12.5. The summed E-state index contributed by atoms with van der Waals surface area (Å²) in [5, 5.41) is 0. The number of ether oxygens (including phenoxy) is 3. The smallest absolute Gasteiger partial charge is 0.363 e. The van der Waals surface area contributed by atoms with Crippen LogP contribution in [0.1, 0.15) is 27.0 Å². The molecule has 4 rings (SSSR count). The van der Waals surface area contributed by atoms with Crippen LogP contribution in [0.25, 0.3) is 6.08 Å². The molecule has 0 amide bonds. The zero-order chi connectivity index (χ0) is 21.8. The van der Waals surface area contributed by atoms with Crippen molar-refractivity contribution in [3.63, 3.8) is 0 Å². The topological polar surface area (TPSA) is 74.2 Å². The second-order valence-corrected chi connectivity index (χ2v) is 6.86. The Bertz CT molecular complexity index is 1210. The minimum atomic E-state index is -0.586. The lowest BCUT2D eigenvalue weighted by atomic mass is 10.1. The highest BCUT2D eigenvalue weighted by molar-refractivity contribution is 6.13. The van der Waals surface area contributed by atoms with Crippen LogP contribution in [-0.4, -0.2) is 24.9 Å². The van der Waals surface area contributed by atoms with E-state index in [0.717, 1.165) is 5.56 Å². The average molecular weight is 413 g/mol. The van der Waals surface area contributed by atoms with Crippen LogP contribution in [0.4, 0.5) is 0 Å². The number of aliphatic imine (C=N–C) groups is 1. The van der Waals surface area contributed by atoms with Crippen molar-refractivity contribution in [3.8, 4) is 11.5 Å². The van der Waals surface area contributed by atoms with Crippen LogP contribution in [0.2, 0.25) is 0 Å². The Hall–Kier alpha value is -4.19. The Morgan fingerprint density at radius 2 is 1.77 bits per heavy atom. The number of aryl methyl sites for hydroxylation is 1. The summed E-state index contributed by atoms with van der Waals surface area (Å²) in [7, 11) is 1.56. The van der Waals surface area contributed by atoms with E-state index in [1.165, 1.54) is 6.08 Å². The van der Waals surface area contributed by atoms with Crippen LogP contribution in [0.5, 0.6) is 11.5 Å². The monoisotopic (exact) mass is 413 g/mol. The second kappa shape index (κ2) is 8.67. The molecular formula is C25H19NO5. The summed E-state index contributed by atoms with van der Waals surface area (Å²) >= 11 is 0. The van der Waals surface area contributed by atoms with Crippen LogP contribution in [0.15, 0.2) is 83.5 Å². The molecule has 0 unspecified atom stereocenters. The molecule has 3 aromatic rings. The van der Waals surface area contributed by atoms with Crippen LogP contribution < -0.4 is 9.47 Å². The molecule has 6 heteroatoms. The summed E-state index contributed by atoms with van der Waals surface area (Å²) in [6, 6.07) is 21.1. The van der Waals surface area contributed by atoms with Gasteiger partial charge in [0.1, 0.15) is 11.5 Å². The van der Waals surface area contributed by atoms with Gasteiger partial charge in [0, 0.05) is 11.1 Å². The Balaban J connectivity index is 1.61. The number of hydrogen-bond acceptors (Lipinski definition) is 6. The summed E-state index contributed by atoms with van der Waals surface area (Å²) in [6.45, 7) is 1.94. The van der Waals surface area contributed by atoms with Gasteiger partial charge >= 0.3 is 11.9 Å². The lowest BCUT2D eigenvalue weighted by Gasteiger charge is -2.07. The van der Waals surface area contributed by atoms with Gasteiger partial charge in [-0.05, 0) is 49.4 Å². The van der Waals surface area contributed by atoms with Gasteiger partial charge in [-0.1, -0.05) is 42.0 Å². The molecule has 0 N–H and O–H groups in total. The predicted octanol–water partition coefficient (Wildman–Crippen LogP) is 4.57. The zero-order valence-electron chi connectivity index (χ0n) is 17.0. The fourth-order valence-corrected chi connectivity index (χ4v) is 2.98. The van der Waals surface area contributed by atoms with Crippen molar-refractivity contribution in [1.82, 2.24) is 0 Å². The van der Waals surface area contributed by atoms with E-state index in [0.29, 0.717) is 28.2 Å². The quantitative estimate of drug-likeness (QED) is 0.348. The first-order valence-electron chi connectivity index (χ1n) is 9.58. The van der Waals surface area contributed by atoms with E-state index >= 15 is 0 Å². The highest BCUT2D eigenvalue weighted by Crippen LogP contribution is 2.26. The minimum absolute atomic E-state index is 0.108. The number of esters is 2. The Morgan fingerprint density at radius 1 is 1.00 bits per heavy atom. The number of carbonyl (C=O) groups is 2. The van der Waals surface area contributed by atoms with E-state index in [-0.39, 0.29) is 11.6 Å². The molecule has 0 fully saturated rings. The van der Waals surface area contributed by atoms with Crippen LogP contribution in [-0.2, 0) is 9.53 Å². The molecule has 0 bridgehead atoms. The maximum absolute atomic E-state index is 12.5. The molecule has 0 radical (unpaired) electrons. The van der Waals surface area contributed by atoms with Gasteiger partial charge in [0.05, 0.1) is 12.7 Å². The third-order valence-electron chi connectivity index (χ3n) is 4.64. The first-order valence-corrected chi connectivity index (χ1v) is 9.58. The zero-order valence-corrected chi connectivity index (χ0v) is 17.0. The molecule has 0 atom stereocenters. The Morgan fingerprint density at radius 3 is 2.55 bits per heavy atom. The first kappa shape index (κ1) is 20.1. The molecule has 6 nitrogen and oxygen atoms in total. The molecule has 154 valence electrons. The highest BCUT2D eigenvalue weighted by atomic mass is 16.6. The van der Waals surface area contributed by atoms with Gasteiger partial charge in [-0.25, -0.2) is 14.6 Å². The van der Waals surface area contributed by atoms with Gasteiger partial charge in [0.2, 0.25) is 5.90 Å². The van der Waals surface area contributed by atoms with Crippen molar-refractivity contribution < 1.29 is 23.8 Å². The van der Waals surface area contributed by atoms with E-state index in [1.54, 1.807) is 67.8 Å². The number of benzene rings is 3. The minimum Gasteiger partial charge on any atom is -0.497 e. The summed E-state index contributed by atoms with van der Waals surface area (Å²) in [4.78, 5) is 29.2. The second-order valence-electron chi connectivity index (χ2n) is 6.86. The van der Waals surface area contributed by atoms with Crippen molar-refractivity contribution in [3.05, 3.63) is 101 Å². The van der Waals surface area contributed by atoms with Crippen LogP contribution in [0.3, 0.4) is 0 Å². The predicted molar refractivity (Wildman–Crippen MR) is 116 cm³/mol. The molecule has 0 aromatic heterocycles. The number of cyclic esters (lactones) is 1. The van der Waals surface area contributed by atoms with E-state index < -0.39 is 11.9 Å². The molecule has 0 saturated heterocycles. The van der Waals surface area contributed by atoms with Gasteiger partial charge < -0.3 is 14.2 Å². The van der Waals surface area contributed by atoms with E-state index in [1.807, 2.05) is 19.1 Å². The summed E-state index contributed by atoms with van der Waals surface area (Å²) in [5.41, 5.74) is 2.75. The third kappa shape index (κ3) is 4.53. The summed E-state index contributed by atoms with van der Waals surface area (Å²) < 4.78 is 16.1. The average Bonchev–Trinajstić information content (AvgIpc) is 3.16. The lowest BCUT2D eigenvalue weighted by Crippen LogP contribution is -2.09. The highest BCUT2D eigenvalue weighted by Gasteiger charge is 2.25. The van der Waals surface area contributed by atoms with Gasteiger partial charge in [0.15, 0.2) is 5.70 Å². The fraction of sp³-hybridized carbons (Fsp3) is 0.0800. The molecule has 31 heavy (non-hydrogen) atoms. The van der Waals surface area contributed by atoms with Gasteiger partial charge in [-0.2, -0.15) is 0 Å². The van der Waals surface area contributed by atoms with Crippen LogP contribution >= 0.6 is 0 Å². The van der Waals surface area contributed by atoms with Crippen LogP contribution in [0, 0.1) is 6.92 Å². The van der Waals surface area contributed by atoms with Crippen molar-refractivity contribution in [2.75, 3.05) is 7.11 Å².